The van der Waals surface area contributed by atoms with E-state index < -0.39 is 5.54 Å². The average Bonchev–Trinajstić information content (AvgIpc) is 3.00. The van der Waals surface area contributed by atoms with E-state index in [-0.39, 0.29) is 43.3 Å². The van der Waals surface area contributed by atoms with Crippen LogP contribution in [0.15, 0.2) is 0 Å². The second-order valence-electron chi connectivity index (χ2n) is 6.11. The SMILES string of the molecule is C[C@H](CC#N)NC(=O)CCCN1C(=O)NC2(CCCC2)C1=O. The summed E-state index contributed by atoms with van der Waals surface area (Å²) in [5.74, 6) is -0.307. The highest BCUT2D eigenvalue weighted by Crippen LogP contribution is 2.35. The fraction of sp³-hybridized carbons (Fsp3) is 0.733. The number of nitrogens with zero attached hydrogens (tertiary/aromatic N) is 2. The summed E-state index contributed by atoms with van der Waals surface area (Å²) in [7, 11) is 0. The first-order valence-electron chi connectivity index (χ1n) is 7.79. The molecule has 1 heterocycles. The van der Waals surface area contributed by atoms with Gasteiger partial charge in [0.2, 0.25) is 5.91 Å². The first-order valence-corrected chi connectivity index (χ1v) is 7.79. The van der Waals surface area contributed by atoms with Gasteiger partial charge in [0.15, 0.2) is 0 Å². The molecule has 2 aliphatic rings. The molecular weight excluding hydrogens is 284 g/mol. The molecule has 7 heteroatoms. The second-order valence-corrected chi connectivity index (χ2v) is 6.11. The first kappa shape index (κ1) is 16.3. The van der Waals surface area contributed by atoms with Crippen LogP contribution in [0.3, 0.4) is 0 Å². The molecule has 2 N–H and O–H groups in total. The Morgan fingerprint density at radius 1 is 1.45 bits per heavy atom. The van der Waals surface area contributed by atoms with Crippen LogP contribution in [0.5, 0.6) is 0 Å². The van der Waals surface area contributed by atoms with E-state index in [0.29, 0.717) is 19.3 Å². The Balaban J connectivity index is 1.77. The minimum atomic E-state index is -0.680. The molecule has 22 heavy (non-hydrogen) atoms. The molecule has 1 spiro atoms. The summed E-state index contributed by atoms with van der Waals surface area (Å²) in [5.41, 5.74) is -0.680. The van der Waals surface area contributed by atoms with Crippen LogP contribution in [0.1, 0.15) is 51.9 Å². The number of nitrogens with one attached hydrogen (secondary N) is 2. The fourth-order valence-corrected chi connectivity index (χ4v) is 3.13. The molecule has 0 aromatic rings. The lowest BCUT2D eigenvalue weighted by molar-refractivity contribution is -0.131. The van der Waals surface area contributed by atoms with Crippen molar-refractivity contribution in [3.05, 3.63) is 0 Å². The number of rotatable bonds is 6. The standard InChI is InChI=1S/C15H22N4O3/c1-11(6-9-16)17-12(20)5-4-10-19-13(21)15(18-14(19)22)7-2-3-8-15/h11H,2-8,10H2,1H3,(H,17,20)(H,18,22)/t11-/m1/s1. The van der Waals surface area contributed by atoms with E-state index in [1.807, 2.05) is 6.07 Å². The van der Waals surface area contributed by atoms with Gasteiger partial charge in [0.1, 0.15) is 5.54 Å². The molecule has 4 amide bonds. The molecule has 2 fully saturated rings. The van der Waals surface area contributed by atoms with E-state index in [9.17, 15) is 14.4 Å². The molecule has 0 aromatic heterocycles. The Labute approximate surface area is 130 Å². The molecule has 0 radical (unpaired) electrons. The molecule has 1 saturated carbocycles. The molecule has 1 atom stereocenters. The Kier molecular flexibility index (Phi) is 5.01. The molecule has 0 unspecified atom stereocenters. The van der Waals surface area contributed by atoms with Crippen LogP contribution in [-0.2, 0) is 9.59 Å². The predicted octanol–water partition coefficient (Wildman–Crippen LogP) is 1.05. The van der Waals surface area contributed by atoms with Gasteiger partial charge in [0.25, 0.3) is 5.91 Å². The third kappa shape index (κ3) is 3.38. The molecular formula is C15H22N4O3. The molecule has 7 nitrogen and oxygen atoms in total. The van der Waals surface area contributed by atoms with Gasteiger partial charge in [-0.1, -0.05) is 12.8 Å². The van der Waals surface area contributed by atoms with Crippen LogP contribution in [0.2, 0.25) is 0 Å². The Bertz CT molecular complexity index is 505. The van der Waals surface area contributed by atoms with Crippen LogP contribution < -0.4 is 10.6 Å². The van der Waals surface area contributed by atoms with E-state index in [2.05, 4.69) is 10.6 Å². The van der Waals surface area contributed by atoms with Gasteiger partial charge in [0.05, 0.1) is 12.5 Å². The number of carbonyl (C=O) groups excluding carboxylic acids is 3. The minimum Gasteiger partial charge on any atom is -0.353 e. The van der Waals surface area contributed by atoms with Crippen molar-refractivity contribution < 1.29 is 14.4 Å². The molecule has 0 aromatic carbocycles. The van der Waals surface area contributed by atoms with E-state index in [0.717, 1.165) is 12.8 Å². The van der Waals surface area contributed by atoms with Crippen molar-refractivity contribution in [2.24, 2.45) is 0 Å². The highest BCUT2D eigenvalue weighted by atomic mass is 16.2. The Morgan fingerprint density at radius 2 is 2.14 bits per heavy atom. The molecule has 2 rings (SSSR count). The van der Waals surface area contributed by atoms with Crippen molar-refractivity contribution >= 4 is 17.8 Å². The van der Waals surface area contributed by atoms with Gasteiger partial charge >= 0.3 is 6.03 Å². The average molecular weight is 306 g/mol. The third-order valence-electron chi connectivity index (χ3n) is 4.29. The third-order valence-corrected chi connectivity index (χ3v) is 4.29. The van der Waals surface area contributed by atoms with Crippen molar-refractivity contribution in [2.45, 2.75) is 63.5 Å². The summed E-state index contributed by atoms with van der Waals surface area (Å²) >= 11 is 0. The summed E-state index contributed by atoms with van der Waals surface area (Å²) in [4.78, 5) is 37.3. The topological polar surface area (TPSA) is 102 Å². The van der Waals surface area contributed by atoms with Crippen molar-refractivity contribution in [3.8, 4) is 6.07 Å². The van der Waals surface area contributed by atoms with E-state index in [1.54, 1.807) is 6.92 Å². The zero-order chi connectivity index (χ0) is 16.2. The number of urea groups is 1. The highest BCUT2D eigenvalue weighted by molar-refractivity contribution is 6.07. The van der Waals surface area contributed by atoms with Crippen LogP contribution in [0.4, 0.5) is 4.79 Å². The lowest BCUT2D eigenvalue weighted by atomic mass is 9.98. The normalized spacial score (nSPS) is 20.8. The summed E-state index contributed by atoms with van der Waals surface area (Å²) in [6, 6.07) is 1.47. The van der Waals surface area contributed by atoms with Crippen LogP contribution in [0.25, 0.3) is 0 Å². The summed E-state index contributed by atoms with van der Waals surface area (Å²) in [5, 5.41) is 14.1. The number of hydrogen-bond donors (Lipinski definition) is 2. The molecule has 120 valence electrons. The number of hydrogen-bond acceptors (Lipinski definition) is 4. The smallest absolute Gasteiger partial charge is 0.325 e. The molecule has 0 bridgehead atoms. The maximum Gasteiger partial charge on any atom is 0.325 e. The summed E-state index contributed by atoms with van der Waals surface area (Å²) in [6.45, 7) is 2.02. The maximum atomic E-state index is 12.4. The van der Waals surface area contributed by atoms with Gasteiger partial charge in [-0.15, -0.1) is 0 Å². The van der Waals surface area contributed by atoms with Crippen molar-refractivity contribution in [3.63, 3.8) is 0 Å². The van der Waals surface area contributed by atoms with E-state index in [1.165, 1.54) is 4.90 Å². The van der Waals surface area contributed by atoms with Crippen LogP contribution >= 0.6 is 0 Å². The fourth-order valence-electron chi connectivity index (χ4n) is 3.13. The van der Waals surface area contributed by atoms with Gasteiger partial charge in [-0.2, -0.15) is 5.26 Å². The highest BCUT2D eigenvalue weighted by Gasteiger charge is 2.51. The van der Waals surface area contributed by atoms with Crippen molar-refractivity contribution in [1.82, 2.24) is 15.5 Å². The minimum absolute atomic E-state index is 0.145. The number of carbonyl (C=O) groups is 3. The van der Waals surface area contributed by atoms with Gasteiger partial charge in [0, 0.05) is 19.0 Å². The second kappa shape index (κ2) is 6.77. The monoisotopic (exact) mass is 306 g/mol. The lowest BCUT2D eigenvalue weighted by Gasteiger charge is -2.20. The van der Waals surface area contributed by atoms with Gasteiger partial charge in [-0.25, -0.2) is 4.79 Å². The van der Waals surface area contributed by atoms with Gasteiger partial charge < -0.3 is 10.6 Å². The van der Waals surface area contributed by atoms with Gasteiger partial charge in [-0.3, -0.25) is 14.5 Å². The number of amides is 4. The zero-order valence-corrected chi connectivity index (χ0v) is 12.9. The largest absolute Gasteiger partial charge is 0.353 e. The number of imide groups is 1. The van der Waals surface area contributed by atoms with E-state index >= 15 is 0 Å². The Morgan fingerprint density at radius 3 is 2.77 bits per heavy atom. The summed E-state index contributed by atoms with van der Waals surface area (Å²) < 4.78 is 0. The molecule has 1 aliphatic heterocycles. The maximum absolute atomic E-state index is 12.4. The quantitative estimate of drug-likeness (QED) is 0.716. The lowest BCUT2D eigenvalue weighted by Crippen LogP contribution is -2.44. The summed E-state index contributed by atoms with van der Waals surface area (Å²) in [6.07, 6.45) is 4.26. The van der Waals surface area contributed by atoms with Gasteiger partial charge in [-0.05, 0) is 26.2 Å². The molecule has 1 aliphatic carbocycles. The van der Waals surface area contributed by atoms with Crippen molar-refractivity contribution in [1.29, 1.82) is 5.26 Å². The first-order chi connectivity index (χ1) is 10.5. The zero-order valence-electron chi connectivity index (χ0n) is 12.9. The van der Waals surface area contributed by atoms with Crippen LogP contribution in [0, 0.1) is 11.3 Å². The molecule has 1 saturated heterocycles. The van der Waals surface area contributed by atoms with E-state index in [4.69, 9.17) is 5.26 Å². The Hall–Kier alpha value is -2.10. The van der Waals surface area contributed by atoms with Crippen molar-refractivity contribution in [2.75, 3.05) is 6.54 Å². The number of nitriles is 1. The van der Waals surface area contributed by atoms with Crippen LogP contribution in [-0.4, -0.2) is 40.9 Å². The predicted molar refractivity (Wildman–Crippen MR) is 78.5 cm³/mol.